The summed E-state index contributed by atoms with van der Waals surface area (Å²) >= 11 is 0. The quantitative estimate of drug-likeness (QED) is 0.612. The molecule has 0 radical (unpaired) electrons. The zero-order valence-corrected chi connectivity index (χ0v) is 13.8. The van der Waals surface area contributed by atoms with Crippen LogP contribution in [0.2, 0.25) is 0 Å². The van der Waals surface area contributed by atoms with Crippen molar-refractivity contribution in [3.63, 3.8) is 0 Å². The summed E-state index contributed by atoms with van der Waals surface area (Å²) in [5.74, 6) is -1.00. The highest BCUT2D eigenvalue weighted by Crippen LogP contribution is 2.30. The van der Waals surface area contributed by atoms with Gasteiger partial charge in [0.2, 0.25) is 5.71 Å². The largest absolute Gasteiger partial charge is 0.478 e. The van der Waals surface area contributed by atoms with Gasteiger partial charge >= 0.3 is 11.6 Å². The number of carboxylic acid groups (broad SMARTS) is 1. The zero-order valence-electron chi connectivity index (χ0n) is 13.8. The van der Waals surface area contributed by atoms with E-state index in [1.165, 1.54) is 22.9 Å². The number of carboxylic acids is 1. The van der Waals surface area contributed by atoms with Crippen LogP contribution in [-0.2, 0) is 0 Å². The molecule has 0 spiro atoms. The second kappa shape index (κ2) is 6.00. The minimum Gasteiger partial charge on any atom is -0.478 e. The first-order valence-corrected chi connectivity index (χ1v) is 7.97. The lowest BCUT2D eigenvalue weighted by Crippen LogP contribution is -2.03. The Bertz CT molecular complexity index is 1170. The third-order valence-corrected chi connectivity index (χ3v) is 4.19. The molecule has 2 heterocycles. The third-order valence-electron chi connectivity index (χ3n) is 4.19. The molecule has 0 amide bonds. The highest BCUT2D eigenvalue weighted by Gasteiger charge is 2.17. The van der Waals surface area contributed by atoms with Crippen LogP contribution in [0.25, 0.3) is 27.9 Å². The number of nitrogens with zero attached hydrogens (tertiary/aromatic N) is 2. The second-order valence-electron chi connectivity index (χ2n) is 5.87. The highest BCUT2D eigenvalue weighted by atomic mass is 16.4. The number of rotatable bonds is 3. The van der Waals surface area contributed by atoms with E-state index in [1.807, 2.05) is 37.3 Å². The molecule has 128 valence electrons. The van der Waals surface area contributed by atoms with Crippen LogP contribution >= 0.6 is 0 Å². The molecule has 0 aliphatic rings. The standard InChI is InChI=1S/C20H14N2O4/c1-12-18-16(13-5-3-2-4-6-13)11-17(23)26-19(18)22(21-12)15-9-7-14(8-10-15)20(24)25/h2-11H,1H3,(H,24,25). The third kappa shape index (κ3) is 2.57. The van der Waals surface area contributed by atoms with Gasteiger partial charge in [-0.05, 0) is 36.8 Å². The normalized spacial score (nSPS) is 11.0. The number of fused-ring (bicyclic) bond motifs is 1. The number of benzene rings is 2. The molecule has 2 aromatic heterocycles. The maximum atomic E-state index is 12.1. The van der Waals surface area contributed by atoms with E-state index >= 15 is 0 Å². The Hall–Kier alpha value is -3.67. The molecule has 6 heteroatoms. The van der Waals surface area contributed by atoms with Gasteiger partial charge in [0.05, 0.1) is 22.3 Å². The Labute approximate surface area is 147 Å². The van der Waals surface area contributed by atoms with Crippen LogP contribution < -0.4 is 5.63 Å². The molecule has 1 N–H and O–H groups in total. The van der Waals surface area contributed by atoms with Crippen molar-refractivity contribution in [1.82, 2.24) is 9.78 Å². The van der Waals surface area contributed by atoms with Crippen molar-refractivity contribution in [3.8, 4) is 16.8 Å². The van der Waals surface area contributed by atoms with E-state index < -0.39 is 11.6 Å². The van der Waals surface area contributed by atoms with E-state index in [4.69, 9.17) is 9.52 Å². The van der Waals surface area contributed by atoms with Gasteiger partial charge < -0.3 is 9.52 Å². The van der Waals surface area contributed by atoms with Gasteiger partial charge in [-0.15, -0.1) is 0 Å². The summed E-state index contributed by atoms with van der Waals surface area (Å²) in [7, 11) is 0. The predicted octanol–water partition coefficient (Wildman–Crippen LogP) is 3.65. The van der Waals surface area contributed by atoms with E-state index in [9.17, 15) is 9.59 Å². The van der Waals surface area contributed by atoms with Crippen LogP contribution in [0, 0.1) is 6.92 Å². The van der Waals surface area contributed by atoms with Crippen LogP contribution in [0.5, 0.6) is 0 Å². The fraction of sp³-hybridized carbons (Fsp3) is 0.0500. The van der Waals surface area contributed by atoms with Gasteiger partial charge in [0.25, 0.3) is 0 Å². The number of aromatic nitrogens is 2. The summed E-state index contributed by atoms with van der Waals surface area (Å²) < 4.78 is 6.95. The molecular weight excluding hydrogens is 332 g/mol. The van der Waals surface area contributed by atoms with E-state index in [0.29, 0.717) is 17.1 Å². The van der Waals surface area contributed by atoms with Crippen molar-refractivity contribution in [2.24, 2.45) is 0 Å². The van der Waals surface area contributed by atoms with Gasteiger partial charge in [-0.3, -0.25) is 0 Å². The molecule has 0 bridgehead atoms. The first-order chi connectivity index (χ1) is 12.5. The molecule has 0 unspecified atom stereocenters. The van der Waals surface area contributed by atoms with Crippen LogP contribution in [0.15, 0.2) is 69.9 Å². The molecule has 0 saturated carbocycles. The number of carbonyl (C=O) groups is 1. The Morgan fingerprint density at radius 1 is 1.08 bits per heavy atom. The molecule has 4 rings (SSSR count). The van der Waals surface area contributed by atoms with Crippen LogP contribution in [0.3, 0.4) is 0 Å². The number of hydrogen-bond donors (Lipinski definition) is 1. The fourth-order valence-corrected chi connectivity index (χ4v) is 2.99. The first-order valence-electron chi connectivity index (χ1n) is 7.97. The molecular formula is C20H14N2O4. The summed E-state index contributed by atoms with van der Waals surface area (Å²) in [5, 5.41) is 14.3. The number of hydrogen-bond acceptors (Lipinski definition) is 4. The van der Waals surface area contributed by atoms with Gasteiger partial charge in [0.15, 0.2) is 0 Å². The van der Waals surface area contributed by atoms with Crippen molar-refractivity contribution < 1.29 is 14.3 Å². The van der Waals surface area contributed by atoms with Crippen molar-refractivity contribution in [1.29, 1.82) is 0 Å². The molecule has 0 aliphatic carbocycles. The topological polar surface area (TPSA) is 85.3 Å². The molecule has 0 atom stereocenters. The first kappa shape index (κ1) is 15.8. The Kier molecular flexibility index (Phi) is 3.65. The van der Waals surface area contributed by atoms with Crippen LogP contribution in [0.1, 0.15) is 16.1 Å². The molecule has 2 aromatic carbocycles. The van der Waals surface area contributed by atoms with Crippen molar-refractivity contribution >= 4 is 17.1 Å². The minimum atomic E-state index is -1.00. The second-order valence-corrected chi connectivity index (χ2v) is 5.87. The fourth-order valence-electron chi connectivity index (χ4n) is 2.99. The van der Waals surface area contributed by atoms with Gasteiger partial charge in [0, 0.05) is 11.6 Å². The SMILES string of the molecule is Cc1nn(-c2ccc(C(=O)O)cc2)c2oc(=O)cc(-c3ccccc3)c12. The van der Waals surface area contributed by atoms with Crippen LogP contribution in [-0.4, -0.2) is 20.9 Å². The maximum Gasteiger partial charge on any atom is 0.338 e. The van der Waals surface area contributed by atoms with E-state index in [2.05, 4.69) is 5.10 Å². The van der Waals surface area contributed by atoms with Gasteiger partial charge in [-0.25, -0.2) is 9.59 Å². The summed E-state index contributed by atoms with van der Waals surface area (Å²) in [5.41, 5.74) is 3.01. The van der Waals surface area contributed by atoms with E-state index in [0.717, 1.165) is 16.5 Å². The van der Waals surface area contributed by atoms with Crippen molar-refractivity contribution in [2.45, 2.75) is 6.92 Å². The number of aryl methyl sites for hydroxylation is 1. The molecule has 26 heavy (non-hydrogen) atoms. The van der Waals surface area contributed by atoms with Gasteiger partial charge in [0.1, 0.15) is 0 Å². The average molecular weight is 346 g/mol. The average Bonchev–Trinajstić information content (AvgIpc) is 2.98. The smallest absolute Gasteiger partial charge is 0.338 e. The van der Waals surface area contributed by atoms with E-state index in [1.54, 1.807) is 12.1 Å². The summed E-state index contributed by atoms with van der Waals surface area (Å²) in [6.07, 6.45) is 0. The van der Waals surface area contributed by atoms with Crippen molar-refractivity contribution in [2.75, 3.05) is 0 Å². The maximum absolute atomic E-state index is 12.1. The molecule has 0 aliphatic heterocycles. The van der Waals surface area contributed by atoms with Crippen molar-refractivity contribution in [3.05, 3.63) is 82.3 Å². The predicted molar refractivity (Wildman–Crippen MR) is 96.7 cm³/mol. The monoisotopic (exact) mass is 346 g/mol. The lowest BCUT2D eigenvalue weighted by Gasteiger charge is -2.05. The molecule has 0 fully saturated rings. The number of aromatic carboxylic acids is 1. The zero-order chi connectivity index (χ0) is 18.3. The Balaban J connectivity index is 1.97. The van der Waals surface area contributed by atoms with Crippen LogP contribution in [0.4, 0.5) is 0 Å². The van der Waals surface area contributed by atoms with Gasteiger partial charge in [-0.2, -0.15) is 9.78 Å². The molecule has 0 saturated heterocycles. The van der Waals surface area contributed by atoms with Gasteiger partial charge in [-0.1, -0.05) is 30.3 Å². The summed E-state index contributed by atoms with van der Waals surface area (Å²) in [6.45, 7) is 1.84. The lowest BCUT2D eigenvalue weighted by atomic mass is 10.0. The van der Waals surface area contributed by atoms with E-state index in [-0.39, 0.29) is 5.56 Å². The summed E-state index contributed by atoms with van der Waals surface area (Å²) in [4.78, 5) is 23.2. The summed E-state index contributed by atoms with van der Waals surface area (Å²) in [6, 6.07) is 17.3. The molecule has 4 aromatic rings. The molecule has 6 nitrogen and oxygen atoms in total. The highest BCUT2D eigenvalue weighted by molar-refractivity contribution is 5.94. The minimum absolute atomic E-state index is 0.174. The Morgan fingerprint density at radius 2 is 1.77 bits per heavy atom. The lowest BCUT2D eigenvalue weighted by molar-refractivity contribution is 0.0697. The Morgan fingerprint density at radius 3 is 2.42 bits per heavy atom.